The summed E-state index contributed by atoms with van der Waals surface area (Å²) in [6, 6.07) is 1.24. The first-order valence-corrected chi connectivity index (χ1v) is 28.6. The van der Waals surface area contributed by atoms with Gasteiger partial charge in [0.15, 0.2) is 11.9 Å². The molecule has 0 radical (unpaired) electrons. The molecule has 5 aliphatic rings. The Balaban J connectivity index is 0.998. The van der Waals surface area contributed by atoms with Gasteiger partial charge in [-0.25, -0.2) is 0 Å². The molecule has 0 unspecified atom stereocenters. The van der Waals surface area contributed by atoms with Gasteiger partial charge >= 0.3 is 0 Å². The van der Waals surface area contributed by atoms with E-state index in [-0.39, 0.29) is 102 Å². The predicted octanol–water partition coefficient (Wildman–Crippen LogP) is -4.16. The third kappa shape index (κ3) is 15.5. The quantitative estimate of drug-likeness (QED) is 0.0270. The topological polar surface area (TPSA) is 436 Å². The molecule has 1 aromatic heterocycles. The van der Waals surface area contributed by atoms with Crippen LogP contribution >= 0.6 is 11.3 Å². The van der Waals surface area contributed by atoms with Crippen LogP contribution < -0.4 is 55.7 Å². The van der Waals surface area contributed by atoms with Crippen molar-refractivity contribution in [2.75, 3.05) is 39.3 Å². The second-order valence-electron chi connectivity index (χ2n) is 21.5. The molecule has 1 saturated carbocycles. The highest BCUT2D eigenvalue weighted by molar-refractivity contribution is 7.09. The fraction of sp³-hybridized carbons (Fsp3) is 0.604. The minimum Gasteiger partial charge on any atom is -0.394 e. The number of fused-ring (bicyclic) bond motifs is 2. The predicted molar refractivity (Wildman–Crippen MR) is 297 cm³/mol. The highest BCUT2D eigenvalue weighted by Crippen LogP contribution is 2.41. The summed E-state index contributed by atoms with van der Waals surface area (Å²) in [5, 5.41) is 33.8. The van der Waals surface area contributed by atoms with Gasteiger partial charge in [0.25, 0.3) is 0 Å². The number of benzene rings is 1. The van der Waals surface area contributed by atoms with Crippen molar-refractivity contribution in [3.8, 4) is 0 Å². The molecular weight excluding hydrogens is 1070 g/mol. The zero-order valence-corrected chi connectivity index (χ0v) is 46.2. The number of guanidine groups is 2. The van der Waals surface area contributed by atoms with Gasteiger partial charge in [-0.05, 0) is 86.3 Å². The molecule has 11 atom stereocenters. The Labute approximate surface area is 473 Å². The number of aliphatic hydroxyl groups excluding tert-OH is 2. The minimum absolute atomic E-state index is 0.0301. The van der Waals surface area contributed by atoms with E-state index in [9.17, 15) is 53.4 Å². The van der Waals surface area contributed by atoms with Crippen LogP contribution in [0.5, 0.6) is 0 Å². The molecule has 0 bridgehead atoms. The van der Waals surface area contributed by atoms with Crippen molar-refractivity contribution in [3.05, 3.63) is 57.8 Å². The number of likely N-dealkylation sites (tertiary alicyclic amines) is 3. The number of carbonyl (C=O) groups is 9. The lowest BCUT2D eigenvalue weighted by atomic mass is 9.84. The lowest BCUT2D eigenvalue weighted by Crippen LogP contribution is -2.62. The van der Waals surface area contributed by atoms with Crippen LogP contribution in [0.25, 0.3) is 0 Å². The molecule has 18 N–H and O–H groups in total. The molecule has 9 amide bonds. The first-order valence-electron chi connectivity index (χ1n) is 27.7. The smallest absolute Gasteiger partial charge is 0.248 e. The molecule has 4 fully saturated rings. The van der Waals surface area contributed by atoms with Crippen LogP contribution in [-0.4, -0.2) is 195 Å². The lowest BCUT2D eigenvalue weighted by Gasteiger charge is -2.42. The number of nitrogens with two attached hydrogens (primary N) is 6. The second kappa shape index (κ2) is 28.3. The molecule has 27 nitrogen and oxygen atoms in total. The van der Waals surface area contributed by atoms with Gasteiger partial charge in [-0.3, -0.25) is 53.1 Å². The average Bonchev–Trinajstić information content (AvgIpc) is 4.37. The van der Waals surface area contributed by atoms with Crippen LogP contribution in [0, 0.1) is 5.92 Å². The zero-order chi connectivity index (χ0) is 58.5. The highest BCUT2D eigenvalue weighted by atomic mass is 32.1. The molecule has 81 heavy (non-hydrogen) atoms. The van der Waals surface area contributed by atoms with Gasteiger partial charge in [-0.2, -0.15) is 0 Å². The summed E-state index contributed by atoms with van der Waals surface area (Å²) in [5.74, 6) is -6.29. The van der Waals surface area contributed by atoms with E-state index in [0.717, 1.165) is 30.4 Å². The number of primary amides is 1. The Morgan fingerprint density at radius 2 is 1.37 bits per heavy atom. The number of hydrogen-bond donors (Lipinski definition) is 12. The molecule has 1 aromatic carbocycles. The number of thiophene rings is 1. The van der Waals surface area contributed by atoms with Gasteiger partial charge in [0.2, 0.25) is 53.2 Å². The maximum absolute atomic E-state index is 14.8. The summed E-state index contributed by atoms with van der Waals surface area (Å²) in [5.41, 5.74) is 35.4. The number of β-amino-alcohol motifs (C(OH)–C–C–N with tert-alkyl or cyclic N) is 1. The van der Waals surface area contributed by atoms with Crippen LogP contribution in [0.2, 0.25) is 0 Å². The van der Waals surface area contributed by atoms with E-state index in [1.807, 2.05) is 18.2 Å². The molecule has 2 aromatic rings. The van der Waals surface area contributed by atoms with Gasteiger partial charge in [0.1, 0.15) is 42.3 Å². The fourth-order valence-electron chi connectivity index (χ4n) is 11.9. The summed E-state index contributed by atoms with van der Waals surface area (Å²) in [4.78, 5) is 140. The van der Waals surface area contributed by atoms with Crippen LogP contribution in [0.3, 0.4) is 0 Å². The molecule has 28 heteroatoms. The number of aliphatic hydroxyl groups is 2. The number of amides is 9. The Morgan fingerprint density at radius 3 is 2.05 bits per heavy atom. The average molecular weight is 1150 g/mol. The van der Waals surface area contributed by atoms with Gasteiger partial charge in [-0.15, -0.1) is 11.3 Å². The van der Waals surface area contributed by atoms with Gasteiger partial charge in [-0.1, -0.05) is 43.2 Å². The van der Waals surface area contributed by atoms with Gasteiger partial charge in [0.05, 0.1) is 25.3 Å². The summed E-state index contributed by atoms with van der Waals surface area (Å²) >= 11 is 1.30. The molecule has 5 heterocycles. The number of rotatable bonds is 24. The van der Waals surface area contributed by atoms with Crippen LogP contribution in [0.1, 0.15) is 93.1 Å². The first-order chi connectivity index (χ1) is 38.8. The zero-order valence-electron chi connectivity index (χ0n) is 45.4. The second-order valence-corrected chi connectivity index (χ2v) is 22.5. The van der Waals surface area contributed by atoms with E-state index in [2.05, 4.69) is 31.3 Å². The number of hydrogen-bond acceptors (Lipinski definition) is 15. The van der Waals surface area contributed by atoms with Crippen molar-refractivity contribution in [1.29, 1.82) is 0 Å². The number of nitrogens with one attached hydrogen (secondary N) is 4. The van der Waals surface area contributed by atoms with Crippen LogP contribution in [-0.2, 0) is 62.5 Å². The summed E-state index contributed by atoms with van der Waals surface area (Å²) in [6.45, 7) is -1.32. The largest absolute Gasteiger partial charge is 0.394 e. The molecule has 3 saturated heterocycles. The van der Waals surface area contributed by atoms with Crippen molar-refractivity contribution in [2.45, 2.75) is 157 Å². The van der Waals surface area contributed by atoms with Gasteiger partial charge < -0.3 is 85.5 Å². The Morgan fingerprint density at radius 1 is 0.691 bits per heavy atom. The molecule has 1 aliphatic carbocycles. The minimum atomic E-state index is -1.57. The van der Waals surface area contributed by atoms with Crippen molar-refractivity contribution in [3.63, 3.8) is 0 Å². The van der Waals surface area contributed by atoms with Crippen molar-refractivity contribution in [2.24, 2.45) is 50.3 Å². The van der Waals surface area contributed by atoms with E-state index >= 15 is 0 Å². The Bertz CT molecular complexity index is 2670. The van der Waals surface area contributed by atoms with E-state index in [0.29, 0.717) is 30.6 Å². The SMILES string of the molecule is NC(=O)[C@@H]1C[C@@H]2CCCC[C@@H]2N1C(=O)[C@H]1Cc2ccccc2CN1C(=O)[C@H](CO)NC(=O)[C@H](Cc1cccs1)NC(=O)CNC(=O)[C@@H]1C[C@@H](O)CN1C(=O)[C@@H]1CCCN1C(=O)[C@H](CCCN=C(N)N)NC(=O)[C@H](N)CCCN=C(N)N. The highest BCUT2D eigenvalue weighted by Gasteiger charge is 2.51. The molecule has 7 rings (SSSR count). The van der Waals surface area contributed by atoms with Crippen molar-refractivity contribution >= 4 is 76.4 Å². The summed E-state index contributed by atoms with van der Waals surface area (Å²) in [6.07, 6.45) is 4.12. The summed E-state index contributed by atoms with van der Waals surface area (Å²) < 4.78 is 0. The monoisotopic (exact) mass is 1150 g/mol. The fourth-order valence-corrected chi connectivity index (χ4v) is 12.6. The van der Waals surface area contributed by atoms with E-state index in [4.69, 9.17) is 34.4 Å². The molecule has 0 spiro atoms. The Kier molecular flexibility index (Phi) is 21.4. The van der Waals surface area contributed by atoms with Crippen LogP contribution in [0.15, 0.2) is 51.8 Å². The molecule has 442 valence electrons. The number of aliphatic imine (C=N–C) groups is 2. The normalized spacial score (nSPS) is 23.6. The third-order valence-electron chi connectivity index (χ3n) is 15.9. The standard InChI is InChI=1S/C53H78N16O11S/c54-34(13-5-17-60-52(56)57)45(74)64-35(14-6-18-61-53(58)59)48(77)66-19-7-16-39(66)50(79)68-27-32(71)23-41(68)47(76)62-25-43(72)63-36(24-33-12-8-20-81-33)46(75)65-37(28-70)49(78)67-26-31-11-2-1-9-29(31)21-42(67)51(80)69-38-15-4-3-10-30(38)22-40(69)44(55)73/h1-2,8-9,11-12,20,30,32,34-42,70-71H,3-7,10,13-19,21-28,54H2,(H2,55,73)(H,62,76)(H,63,72)(H,64,74)(H,65,75)(H4,56,57,60)(H4,58,59,61)/t30-,32+,34+,35-,36-,37-,38-,39-,40-,41-,42+/m0/s1. The number of nitrogens with zero attached hydrogens (tertiary/aromatic N) is 6. The van der Waals surface area contributed by atoms with E-state index in [1.54, 1.807) is 28.5 Å². The Hall–Kier alpha value is -7.43. The van der Waals surface area contributed by atoms with E-state index < -0.39 is 121 Å². The maximum atomic E-state index is 14.8. The third-order valence-corrected chi connectivity index (χ3v) is 16.8. The van der Waals surface area contributed by atoms with Crippen molar-refractivity contribution in [1.82, 2.24) is 40.9 Å². The maximum Gasteiger partial charge on any atom is 0.248 e. The molecule has 4 aliphatic heterocycles. The summed E-state index contributed by atoms with van der Waals surface area (Å²) in [7, 11) is 0. The lowest BCUT2D eigenvalue weighted by molar-refractivity contribution is -0.153. The molecular formula is C53H78N16O11S. The van der Waals surface area contributed by atoms with Gasteiger partial charge in [0, 0.05) is 62.9 Å². The first kappa shape index (κ1) is 61.2. The van der Waals surface area contributed by atoms with E-state index in [1.165, 1.54) is 26.0 Å². The number of carbonyl (C=O) groups excluding carboxylic acids is 9. The van der Waals surface area contributed by atoms with Crippen molar-refractivity contribution < 1.29 is 53.4 Å². The van der Waals surface area contributed by atoms with Crippen LogP contribution in [0.4, 0.5) is 0 Å².